The summed E-state index contributed by atoms with van der Waals surface area (Å²) in [5.41, 5.74) is -1.29. The van der Waals surface area contributed by atoms with Crippen molar-refractivity contribution in [2.24, 2.45) is 0 Å². The Balaban J connectivity index is 3.19. The van der Waals surface area contributed by atoms with Crippen molar-refractivity contribution in [3.05, 3.63) is 32.8 Å². The van der Waals surface area contributed by atoms with Crippen LogP contribution >= 0.6 is 11.6 Å². The van der Waals surface area contributed by atoms with E-state index in [1.54, 1.807) is 0 Å². The van der Waals surface area contributed by atoms with Crippen molar-refractivity contribution >= 4 is 28.9 Å². The van der Waals surface area contributed by atoms with E-state index in [1.807, 2.05) is 0 Å². The Labute approximate surface area is 121 Å². The predicted octanol–water partition coefficient (Wildman–Crippen LogP) is 3.34. The lowest BCUT2D eigenvalue weighted by Crippen LogP contribution is -2.24. The van der Waals surface area contributed by atoms with Crippen LogP contribution in [0, 0.1) is 10.1 Å². The highest BCUT2D eigenvalue weighted by atomic mass is 35.5. The standard InChI is InChI=1S/C11H10ClF3N2O4/c1-16(3-2-11(13,14)15)8-5-7(12)6(10(18)19)4-9(8)17(20)21/h4-5H,2-3H2,1H3,(H,18,19). The van der Waals surface area contributed by atoms with Crippen LogP contribution in [0.1, 0.15) is 16.8 Å². The first-order valence-electron chi connectivity index (χ1n) is 5.52. The molecule has 1 aromatic rings. The fraction of sp³-hybridized carbons (Fsp3) is 0.364. The van der Waals surface area contributed by atoms with Crippen molar-refractivity contribution in [3.8, 4) is 0 Å². The third kappa shape index (κ3) is 4.48. The van der Waals surface area contributed by atoms with E-state index in [9.17, 15) is 28.1 Å². The zero-order valence-corrected chi connectivity index (χ0v) is 11.4. The van der Waals surface area contributed by atoms with Gasteiger partial charge in [-0.25, -0.2) is 4.79 Å². The number of nitrogens with zero attached hydrogens (tertiary/aromatic N) is 2. The van der Waals surface area contributed by atoms with Gasteiger partial charge >= 0.3 is 12.1 Å². The van der Waals surface area contributed by atoms with Crippen LogP contribution < -0.4 is 4.90 Å². The first kappa shape index (κ1) is 17.0. The van der Waals surface area contributed by atoms with E-state index in [-0.39, 0.29) is 10.7 Å². The van der Waals surface area contributed by atoms with Crippen LogP contribution in [0.15, 0.2) is 12.1 Å². The van der Waals surface area contributed by atoms with E-state index in [0.717, 1.165) is 17.0 Å². The highest BCUT2D eigenvalue weighted by molar-refractivity contribution is 6.34. The quantitative estimate of drug-likeness (QED) is 0.662. The van der Waals surface area contributed by atoms with E-state index in [4.69, 9.17) is 16.7 Å². The van der Waals surface area contributed by atoms with Crippen LogP contribution in [-0.4, -0.2) is 35.8 Å². The Hall–Kier alpha value is -2.03. The number of alkyl halides is 3. The van der Waals surface area contributed by atoms with Crippen molar-refractivity contribution in [3.63, 3.8) is 0 Å². The second-order valence-electron chi connectivity index (χ2n) is 4.17. The Bertz CT molecular complexity index is 577. The van der Waals surface area contributed by atoms with E-state index in [1.165, 1.54) is 7.05 Å². The number of anilines is 1. The van der Waals surface area contributed by atoms with Gasteiger partial charge in [-0.1, -0.05) is 11.6 Å². The molecule has 0 aliphatic heterocycles. The minimum absolute atomic E-state index is 0.181. The van der Waals surface area contributed by atoms with Gasteiger partial charge in [-0.05, 0) is 6.07 Å². The molecule has 0 atom stereocenters. The molecule has 10 heteroatoms. The summed E-state index contributed by atoms with van der Waals surface area (Å²) in [5, 5.41) is 19.5. The van der Waals surface area contributed by atoms with Gasteiger partial charge < -0.3 is 10.0 Å². The molecule has 21 heavy (non-hydrogen) atoms. The molecule has 0 bridgehead atoms. The fourth-order valence-corrected chi connectivity index (χ4v) is 1.82. The average molecular weight is 327 g/mol. The normalized spacial score (nSPS) is 11.3. The van der Waals surface area contributed by atoms with Crippen molar-refractivity contribution in [1.82, 2.24) is 0 Å². The molecular weight excluding hydrogens is 317 g/mol. The topological polar surface area (TPSA) is 83.7 Å². The molecule has 0 aliphatic carbocycles. The van der Waals surface area contributed by atoms with Crippen molar-refractivity contribution in [1.29, 1.82) is 0 Å². The minimum Gasteiger partial charge on any atom is -0.478 e. The Morgan fingerprint density at radius 1 is 1.48 bits per heavy atom. The van der Waals surface area contributed by atoms with Crippen LogP contribution in [0.3, 0.4) is 0 Å². The van der Waals surface area contributed by atoms with Gasteiger partial charge in [0.25, 0.3) is 5.69 Å². The second kappa shape index (κ2) is 6.17. The molecule has 0 aromatic heterocycles. The highest BCUT2D eigenvalue weighted by Gasteiger charge is 2.29. The molecule has 1 aromatic carbocycles. The van der Waals surface area contributed by atoms with Gasteiger partial charge in [-0.2, -0.15) is 13.2 Å². The largest absolute Gasteiger partial charge is 0.478 e. The highest BCUT2D eigenvalue weighted by Crippen LogP contribution is 2.34. The SMILES string of the molecule is CN(CCC(F)(F)F)c1cc(Cl)c(C(=O)O)cc1[N+](=O)[O-]. The van der Waals surface area contributed by atoms with Gasteiger partial charge in [-0.15, -0.1) is 0 Å². The van der Waals surface area contributed by atoms with E-state index in [2.05, 4.69) is 0 Å². The molecular formula is C11H10ClF3N2O4. The summed E-state index contributed by atoms with van der Waals surface area (Å²) in [6.45, 7) is -0.521. The first-order valence-corrected chi connectivity index (χ1v) is 5.90. The smallest absolute Gasteiger partial charge is 0.390 e. The van der Waals surface area contributed by atoms with Crippen LogP contribution in [0.2, 0.25) is 5.02 Å². The summed E-state index contributed by atoms with van der Waals surface area (Å²) >= 11 is 5.68. The molecule has 1 N–H and O–H groups in total. The van der Waals surface area contributed by atoms with Gasteiger partial charge in [0.2, 0.25) is 0 Å². The zero-order valence-electron chi connectivity index (χ0n) is 10.6. The fourth-order valence-electron chi connectivity index (χ4n) is 1.58. The lowest BCUT2D eigenvalue weighted by molar-refractivity contribution is -0.384. The van der Waals surface area contributed by atoms with E-state index < -0.39 is 41.3 Å². The molecule has 0 unspecified atom stereocenters. The number of rotatable bonds is 5. The summed E-state index contributed by atoms with van der Waals surface area (Å²) in [6, 6.07) is 1.70. The number of carbonyl (C=O) groups is 1. The molecule has 6 nitrogen and oxygen atoms in total. The third-order valence-electron chi connectivity index (χ3n) is 2.63. The van der Waals surface area contributed by atoms with E-state index >= 15 is 0 Å². The zero-order chi connectivity index (χ0) is 16.4. The number of nitro groups is 1. The molecule has 0 heterocycles. The number of hydrogen-bond donors (Lipinski definition) is 1. The van der Waals surface area contributed by atoms with Gasteiger partial charge in [0.15, 0.2) is 0 Å². The summed E-state index contributed by atoms with van der Waals surface area (Å²) in [6.07, 6.45) is -5.58. The number of carboxylic acid groups (broad SMARTS) is 1. The number of hydrogen-bond acceptors (Lipinski definition) is 4. The predicted molar refractivity (Wildman–Crippen MR) is 69.0 cm³/mol. The Kier molecular flexibility index (Phi) is 5.00. The lowest BCUT2D eigenvalue weighted by atomic mass is 10.1. The molecule has 0 saturated heterocycles. The van der Waals surface area contributed by atoms with Gasteiger partial charge in [0.05, 0.1) is 21.9 Å². The van der Waals surface area contributed by atoms with Crippen molar-refractivity contribution < 1.29 is 28.0 Å². The van der Waals surface area contributed by atoms with Gasteiger partial charge in [-0.3, -0.25) is 10.1 Å². The Morgan fingerprint density at radius 3 is 2.48 bits per heavy atom. The monoisotopic (exact) mass is 326 g/mol. The average Bonchev–Trinajstić information content (AvgIpc) is 2.33. The number of halogens is 4. The molecule has 0 amide bonds. The summed E-state index contributed by atoms with van der Waals surface area (Å²) in [5.74, 6) is -1.47. The second-order valence-corrected chi connectivity index (χ2v) is 4.58. The number of benzene rings is 1. The number of aromatic carboxylic acids is 1. The van der Waals surface area contributed by atoms with E-state index in [0.29, 0.717) is 0 Å². The lowest BCUT2D eigenvalue weighted by Gasteiger charge is -2.20. The minimum atomic E-state index is -4.41. The summed E-state index contributed by atoms with van der Waals surface area (Å²) in [7, 11) is 1.23. The first-order chi connectivity index (χ1) is 9.53. The molecule has 0 spiro atoms. The Morgan fingerprint density at radius 2 is 2.05 bits per heavy atom. The molecule has 0 radical (unpaired) electrons. The summed E-state index contributed by atoms with van der Waals surface area (Å²) in [4.78, 5) is 21.9. The van der Waals surface area contributed by atoms with Crippen LogP contribution in [0.4, 0.5) is 24.5 Å². The molecule has 1 rings (SSSR count). The van der Waals surface area contributed by atoms with Gasteiger partial charge in [0.1, 0.15) is 5.69 Å². The van der Waals surface area contributed by atoms with Crippen LogP contribution in [0.25, 0.3) is 0 Å². The molecule has 0 saturated carbocycles. The van der Waals surface area contributed by atoms with Gasteiger partial charge in [0, 0.05) is 19.7 Å². The third-order valence-corrected chi connectivity index (χ3v) is 2.95. The van der Waals surface area contributed by atoms with Crippen LogP contribution in [0.5, 0.6) is 0 Å². The summed E-state index contributed by atoms with van der Waals surface area (Å²) < 4.78 is 36.5. The molecule has 0 aliphatic rings. The molecule has 0 fully saturated rings. The number of carboxylic acids is 1. The maximum atomic E-state index is 12.2. The van der Waals surface area contributed by atoms with Crippen LogP contribution in [-0.2, 0) is 0 Å². The van der Waals surface area contributed by atoms with Crippen molar-refractivity contribution in [2.45, 2.75) is 12.6 Å². The van der Waals surface area contributed by atoms with Crippen molar-refractivity contribution in [2.75, 3.05) is 18.5 Å². The number of nitro benzene ring substituents is 1. The molecule has 116 valence electrons. The maximum Gasteiger partial charge on any atom is 0.390 e. The maximum absolute atomic E-state index is 12.2.